The third kappa shape index (κ3) is 2.14. The van der Waals surface area contributed by atoms with Gasteiger partial charge in [-0.1, -0.05) is 11.6 Å². The van der Waals surface area contributed by atoms with Crippen LogP contribution in [-0.4, -0.2) is 19.7 Å². The first kappa shape index (κ1) is 10.9. The maximum absolute atomic E-state index is 5.86. The Balaban J connectivity index is 2.23. The van der Waals surface area contributed by atoms with E-state index in [9.17, 15) is 0 Å². The lowest BCUT2D eigenvalue weighted by Crippen LogP contribution is -1.94. The Morgan fingerprint density at radius 3 is 2.94 bits per heavy atom. The maximum Gasteiger partial charge on any atom is 0.226 e. The minimum absolute atomic E-state index is 0.396. The van der Waals surface area contributed by atoms with Gasteiger partial charge in [0.05, 0.1) is 12.4 Å². The fraction of sp³-hybridized carbons (Fsp3) is 0.300. The Kier molecular flexibility index (Phi) is 3.05. The van der Waals surface area contributed by atoms with E-state index in [-0.39, 0.29) is 0 Å². The highest BCUT2D eigenvalue weighted by Crippen LogP contribution is 2.25. The van der Waals surface area contributed by atoms with Crippen LogP contribution in [0.4, 0.5) is 0 Å². The molecule has 0 radical (unpaired) electrons. The van der Waals surface area contributed by atoms with Crippen molar-refractivity contribution in [2.24, 2.45) is 0 Å². The number of nitrogens with zero attached hydrogens (tertiary/aromatic N) is 4. The first-order valence-electron chi connectivity index (χ1n) is 4.88. The molecule has 2 aromatic rings. The third-order valence-electron chi connectivity index (χ3n) is 2.12. The Labute approximate surface area is 98.0 Å². The molecule has 84 valence electrons. The van der Waals surface area contributed by atoms with Crippen LogP contribution in [0.2, 0.25) is 5.15 Å². The monoisotopic (exact) mass is 238 g/mol. The van der Waals surface area contributed by atoms with E-state index in [1.54, 1.807) is 17.1 Å². The molecule has 0 amide bonds. The molecule has 0 bridgehead atoms. The molecule has 0 saturated heterocycles. The molecule has 0 aromatic carbocycles. The minimum Gasteiger partial charge on any atom is -0.435 e. The van der Waals surface area contributed by atoms with Crippen molar-refractivity contribution in [1.29, 1.82) is 0 Å². The Morgan fingerprint density at radius 2 is 2.25 bits per heavy atom. The fourth-order valence-electron chi connectivity index (χ4n) is 1.20. The van der Waals surface area contributed by atoms with Crippen LogP contribution in [0.25, 0.3) is 0 Å². The summed E-state index contributed by atoms with van der Waals surface area (Å²) in [6, 6.07) is 0. The minimum atomic E-state index is 0.396. The highest BCUT2D eigenvalue weighted by Gasteiger charge is 2.08. The summed E-state index contributed by atoms with van der Waals surface area (Å²) in [6.07, 6.45) is 4.81. The summed E-state index contributed by atoms with van der Waals surface area (Å²) < 4.78 is 7.32. The van der Waals surface area contributed by atoms with Crippen LogP contribution in [0.1, 0.15) is 12.5 Å². The molecule has 0 unspecified atom stereocenters. The summed E-state index contributed by atoms with van der Waals surface area (Å²) in [6.45, 7) is 4.61. The molecule has 0 saturated carbocycles. The van der Waals surface area contributed by atoms with Gasteiger partial charge in [-0.15, -0.1) is 0 Å². The topological polar surface area (TPSA) is 52.8 Å². The van der Waals surface area contributed by atoms with Gasteiger partial charge in [0.25, 0.3) is 0 Å². The predicted octanol–water partition coefficient (Wildman–Crippen LogP) is 2.45. The number of ether oxygens (including phenoxy) is 1. The van der Waals surface area contributed by atoms with Crippen molar-refractivity contribution in [3.63, 3.8) is 0 Å². The zero-order chi connectivity index (χ0) is 11.5. The quantitative estimate of drug-likeness (QED) is 0.771. The highest BCUT2D eigenvalue weighted by atomic mass is 35.5. The van der Waals surface area contributed by atoms with Gasteiger partial charge >= 0.3 is 0 Å². The van der Waals surface area contributed by atoms with Crippen LogP contribution in [0.15, 0.2) is 18.7 Å². The standard InChI is InChI=1S/C10H11ClN4O/c1-3-15-5-8(4-14-15)16-10-7(2)9(11)12-6-13-10/h4-6H,3H2,1-2H3. The summed E-state index contributed by atoms with van der Waals surface area (Å²) in [4.78, 5) is 7.87. The third-order valence-corrected chi connectivity index (χ3v) is 2.51. The van der Waals surface area contributed by atoms with E-state index in [4.69, 9.17) is 16.3 Å². The van der Waals surface area contributed by atoms with E-state index in [0.29, 0.717) is 22.3 Å². The Hall–Kier alpha value is -1.62. The normalized spacial score (nSPS) is 10.4. The van der Waals surface area contributed by atoms with Crippen molar-refractivity contribution in [3.8, 4) is 11.6 Å². The first-order chi connectivity index (χ1) is 7.70. The second kappa shape index (κ2) is 4.49. The second-order valence-corrected chi connectivity index (χ2v) is 3.59. The van der Waals surface area contributed by atoms with Crippen molar-refractivity contribution in [1.82, 2.24) is 19.7 Å². The van der Waals surface area contributed by atoms with Crippen molar-refractivity contribution in [3.05, 3.63) is 29.4 Å². The van der Waals surface area contributed by atoms with E-state index in [1.165, 1.54) is 6.33 Å². The first-order valence-corrected chi connectivity index (χ1v) is 5.26. The maximum atomic E-state index is 5.86. The predicted molar refractivity (Wildman–Crippen MR) is 59.8 cm³/mol. The lowest BCUT2D eigenvalue weighted by molar-refractivity contribution is 0.456. The molecule has 0 aliphatic rings. The van der Waals surface area contributed by atoms with Crippen molar-refractivity contribution in [2.75, 3.05) is 0 Å². The lowest BCUT2D eigenvalue weighted by atomic mass is 10.4. The molecule has 0 fully saturated rings. The van der Waals surface area contributed by atoms with Crippen LogP contribution in [0.3, 0.4) is 0 Å². The molecule has 0 N–H and O–H groups in total. The number of aryl methyl sites for hydroxylation is 1. The summed E-state index contributed by atoms with van der Waals surface area (Å²) in [5.74, 6) is 1.09. The summed E-state index contributed by atoms with van der Waals surface area (Å²) in [5, 5.41) is 4.49. The van der Waals surface area contributed by atoms with Gasteiger partial charge in [0, 0.05) is 12.1 Å². The van der Waals surface area contributed by atoms with E-state index >= 15 is 0 Å². The number of hydrogen-bond acceptors (Lipinski definition) is 4. The van der Waals surface area contributed by atoms with E-state index in [0.717, 1.165) is 6.54 Å². The molecule has 2 aromatic heterocycles. The average molecular weight is 239 g/mol. The molecule has 16 heavy (non-hydrogen) atoms. The fourth-order valence-corrected chi connectivity index (χ4v) is 1.32. The lowest BCUT2D eigenvalue weighted by Gasteiger charge is -2.04. The molecule has 5 nitrogen and oxygen atoms in total. The molecule has 0 aliphatic carbocycles. The molecule has 6 heteroatoms. The Morgan fingerprint density at radius 1 is 1.44 bits per heavy atom. The van der Waals surface area contributed by atoms with Gasteiger partial charge in [0.15, 0.2) is 5.75 Å². The second-order valence-electron chi connectivity index (χ2n) is 3.23. The number of aromatic nitrogens is 4. The van der Waals surface area contributed by atoms with Crippen molar-refractivity contribution >= 4 is 11.6 Å². The van der Waals surface area contributed by atoms with E-state index in [1.807, 2.05) is 13.8 Å². The molecule has 0 atom stereocenters. The summed E-state index contributed by atoms with van der Waals surface area (Å²) in [5.41, 5.74) is 0.716. The summed E-state index contributed by atoms with van der Waals surface area (Å²) in [7, 11) is 0. The van der Waals surface area contributed by atoms with Gasteiger partial charge in [-0.3, -0.25) is 4.68 Å². The molecule has 0 aliphatic heterocycles. The largest absolute Gasteiger partial charge is 0.435 e. The number of rotatable bonds is 3. The SMILES string of the molecule is CCn1cc(Oc2ncnc(Cl)c2C)cn1. The molecule has 0 spiro atoms. The van der Waals surface area contributed by atoms with Gasteiger partial charge in [0.2, 0.25) is 5.88 Å². The van der Waals surface area contributed by atoms with Gasteiger partial charge in [0.1, 0.15) is 11.5 Å². The van der Waals surface area contributed by atoms with Crippen LogP contribution in [-0.2, 0) is 6.54 Å². The van der Waals surface area contributed by atoms with E-state index in [2.05, 4.69) is 15.1 Å². The van der Waals surface area contributed by atoms with Gasteiger partial charge < -0.3 is 4.74 Å². The smallest absolute Gasteiger partial charge is 0.226 e. The van der Waals surface area contributed by atoms with Crippen LogP contribution >= 0.6 is 11.6 Å². The molecular weight excluding hydrogens is 228 g/mol. The average Bonchev–Trinajstić information content (AvgIpc) is 2.73. The highest BCUT2D eigenvalue weighted by molar-refractivity contribution is 6.30. The van der Waals surface area contributed by atoms with E-state index < -0.39 is 0 Å². The van der Waals surface area contributed by atoms with Gasteiger partial charge in [-0.05, 0) is 13.8 Å². The Bertz CT molecular complexity index is 497. The number of hydrogen-bond donors (Lipinski definition) is 0. The van der Waals surface area contributed by atoms with Crippen LogP contribution in [0, 0.1) is 6.92 Å². The van der Waals surface area contributed by atoms with Gasteiger partial charge in [-0.25, -0.2) is 9.97 Å². The zero-order valence-electron chi connectivity index (χ0n) is 9.01. The van der Waals surface area contributed by atoms with Crippen molar-refractivity contribution < 1.29 is 4.74 Å². The number of halogens is 1. The van der Waals surface area contributed by atoms with Crippen LogP contribution in [0.5, 0.6) is 11.6 Å². The molecule has 2 heterocycles. The molecular formula is C10H11ClN4O. The van der Waals surface area contributed by atoms with Crippen LogP contribution < -0.4 is 4.74 Å². The zero-order valence-corrected chi connectivity index (χ0v) is 9.77. The summed E-state index contributed by atoms with van der Waals surface area (Å²) >= 11 is 5.86. The van der Waals surface area contributed by atoms with Gasteiger partial charge in [-0.2, -0.15) is 5.10 Å². The van der Waals surface area contributed by atoms with Crippen molar-refractivity contribution in [2.45, 2.75) is 20.4 Å². The molecule has 2 rings (SSSR count).